The number of halogens is 2. The Morgan fingerprint density at radius 3 is 2.89 bits per heavy atom. The maximum Gasteiger partial charge on any atom is 0.254 e. The first kappa shape index (κ1) is 15.0. The van der Waals surface area contributed by atoms with Gasteiger partial charge in [-0.2, -0.15) is 0 Å². The molecule has 1 fully saturated rings. The van der Waals surface area contributed by atoms with Crippen molar-refractivity contribution in [3.63, 3.8) is 0 Å². The number of nitrogens with zero attached hydrogens (tertiary/aromatic N) is 1. The maximum absolute atomic E-state index is 12.6. The highest BCUT2D eigenvalue weighted by molar-refractivity contribution is 9.10. The van der Waals surface area contributed by atoms with Crippen molar-refractivity contribution in [2.24, 2.45) is 0 Å². The lowest BCUT2D eigenvalue weighted by atomic mass is 10.1. The number of amides is 1. The molecule has 0 N–H and O–H groups in total. The summed E-state index contributed by atoms with van der Waals surface area (Å²) in [5, 5.41) is 0.753. The molecule has 2 unspecified atom stereocenters. The third kappa shape index (κ3) is 3.38. The highest BCUT2D eigenvalue weighted by atomic mass is 79.9. The third-order valence-electron chi connectivity index (χ3n) is 3.34. The molecule has 1 amide bonds. The van der Waals surface area contributed by atoms with Crippen molar-refractivity contribution in [3.8, 4) is 0 Å². The van der Waals surface area contributed by atoms with E-state index in [1.807, 2.05) is 36.9 Å². The second-order valence-corrected chi connectivity index (χ2v) is 6.38. The highest BCUT2D eigenvalue weighted by Crippen LogP contribution is 2.21. The molecule has 5 heteroatoms. The zero-order chi connectivity index (χ0) is 14.0. The van der Waals surface area contributed by atoms with Gasteiger partial charge in [0.15, 0.2) is 0 Å². The molecule has 2 atom stereocenters. The molecule has 0 saturated carbocycles. The van der Waals surface area contributed by atoms with Gasteiger partial charge in [0.1, 0.15) is 0 Å². The van der Waals surface area contributed by atoms with Crippen molar-refractivity contribution in [2.45, 2.75) is 26.0 Å². The van der Waals surface area contributed by atoms with E-state index in [1.165, 1.54) is 0 Å². The van der Waals surface area contributed by atoms with Gasteiger partial charge in [0.2, 0.25) is 0 Å². The second kappa shape index (κ2) is 6.37. The van der Waals surface area contributed by atoms with E-state index in [-0.39, 0.29) is 18.1 Å². The second-order valence-electron chi connectivity index (χ2n) is 4.88. The topological polar surface area (TPSA) is 29.5 Å². The largest absolute Gasteiger partial charge is 0.373 e. The van der Waals surface area contributed by atoms with E-state index in [0.29, 0.717) is 13.2 Å². The van der Waals surface area contributed by atoms with Crippen molar-refractivity contribution in [1.82, 2.24) is 4.90 Å². The number of carbonyl (C=O) groups is 1. The van der Waals surface area contributed by atoms with Crippen molar-refractivity contribution < 1.29 is 9.53 Å². The average Bonchev–Trinajstić information content (AvgIpc) is 2.41. The van der Waals surface area contributed by atoms with Gasteiger partial charge < -0.3 is 9.64 Å². The van der Waals surface area contributed by atoms with Crippen LogP contribution in [0.25, 0.3) is 0 Å². The highest BCUT2D eigenvalue weighted by Gasteiger charge is 2.29. The van der Waals surface area contributed by atoms with Gasteiger partial charge in [0.25, 0.3) is 5.91 Å². The SMILES string of the molecule is Cc1cc(C(=O)N2CC(CBr)OCC2C)ccc1Br. The van der Waals surface area contributed by atoms with Crippen LogP contribution in [-0.2, 0) is 4.74 Å². The van der Waals surface area contributed by atoms with Crippen LogP contribution in [0.15, 0.2) is 22.7 Å². The van der Waals surface area contributed by atoms with Crippen molar-refractivity contribution in [3.05, 3.63) is 33.8 Å². The molecular formula is C14H17Br2NO2. The quantitative estimate of drug-likeness (QED) is 0.724. The Morgan fingerprint density at radius 1 is 1.53 bits per heavy atom. The summed E-state index contributed by atoms with van der Waals surface area (Å²) in [5.74, 6) is 0.0809. The van der Waals surface area contributed by atoms with E-state index < -0.39 is 0 Å². The molecule has 19 heavy (non-hydrogen) atoms. The van der Waals surface area contributed by atoms with E-state index >= 15 is 0 Å². The van der Waals surface area contributed by atoms with Crippen molar-refractivity contribution in [2.75, 3.05) is 18.5 Å². The lowest BCUT2D eigenvalue weighted by Crippen LogP contribution is -2.51. The monoisotopic (exact) mass is 389 g/mol. The first-order chi connectivity index (χ1) is 9.02. The summed E-state index contributed by atoms with van der Waals surface area (Å²) in [6.07, 6.45) is 0.0803. The van der Waals surface area contributed by atoms with Gasteiger partial charge in [-0.15, -0.1) is 0 Å². The summed E-state index contributed by atoms with van der Waals surface area (Å²) in [4.78, 5) is 14.5. The number of aryl methyl sites for hydroxylation is 1. The first-order valence-corrected chi connectivity index (χ1v) is 8.19. The Hall–Kier alpha value is -0.390. The molecule has 0 radical (unpaired) electrons. The number of ether oxygens (including phenoxy) is 1. The molecule has 0 aliphatic carbocycles. The first-order valence-electron chi connectivity index (χ1n) is 6.27. The summed E-state index contributed by atoms with van der Waals surface area (Å²) in [6.45, 7) is 5.25. The number of hydrogen-bond donors (Lipinski definition) is 0. The Bertz CT molecular complexity index is 479. The van der Waals surface area contributed by atoms with Crippen molar-refractivity contribution >= 4 is 37.8 Å². The van der Waals surface area contributed by atoms with Crippen LogP contribution in [0.2, 0.25) is 0 Å². The Kier molecular flexibility index (Phi) is 5.03. The van der Waals surface area contributed by atoms with Crippen LogP contribution in [-0.4, -0.2) is 41.4 Å². The van der Waals surface area contributed by atoms with Crippen molar-refractivity contribution in [1.29, 1.82) is 0 Å². The summed E-state index contributed by atoms with van der Waals surface area (Å²) in [5.41, 5.74) is 1.81. The molecule has 0 spiro atoms. The molecule has 0 aromatic heterocycles. The fourth-order valence-corrected chi connectivity index (χ4v) is 2.78. The summed E-state index contributed by atoms with van der Waals surface area (Å²) < 4.78 is 6.68. The number of rotatable bonds is 2. The third-order valence-corrected chi connectivity index (χ3v) is 4.96. The van der Waals surface area contributed by atoms with Crippen LogP contribution < -0.4 is 0 Å². The van der Waals surface area contributed by atoms with Crippen LogP contribution in [0.1, 0.15) is 22.8 Å². The zero-order valence-corrected chi connectivity index (χ0v) is 14.2. The molecule has 104 valence electrons. The van der Waals surface area contributed by atoms with Gasteiger partial charge in [0, 0.05) is 21.9 Å². The van der Waals surface area contributed by atoms with Crippen LogP contribution in [0.4, 0.5) is 0 Å². The van der Waals surface area contributed by atoms with Crippen LogP contribution >= 0.6 is 31.9 Å². The molecule has 0 bridgehead atoms. The number of morpholine rings is 1. The Balaban J connectivity index is 2.19. The van der Waals surface area contributed by atoms with Gasteiger partial charge in [-0.1, -0.05) is 31.9 Å². The van der Waals surface area contributed by atoms with E-state index in [1.54, 1.807) is 0 Å². The smallest absolute Gasteiger partial charge is 0.254 e. The molecule has 1 aromatic rings. The lowest BCUT2D eigenvalue weighted by Gasteiger charge is -2.37. The minimum atomic E-state index is 0.0803. The zero-order valence-electron chi connectivity index (χ0n) is 11.0. The van der Waals surface area contributed by atoms with E-state index in [0.717, 1.165) is 20.9 Å². The van der Waals surface area contributed by atoms with Gasteiger partial charge in [-0.05, 0) is 37.6 Å². The minimum Gasteiger partial charge on any atom is -0.373 e. The number of alkyl halides is 1. The standard InChI is InChI=1S/C14H17Br2NO2/c1-9-5-11(3-4-13(9)16)14(18)17-7-12(6-15)19-8-10(17)2/h3-5,10,12H,6-8H2,1-2H3. The molecule has 1 aromatic carbocycles. The number of hydrogen-bond acceptors (Lipinski definition) is 2. The van der Waals surface area contributed by atoms with Crippen LogP contribution in [0, 0.1) is 6.92 Å². The summed E-state index contributed by atoms with van der Waals surface area (Å²) >= 11 is 6.87. The normalized spacial score (nSPS) is 23.5. The molecular weight excluding hydrogens is 374 g/mol. The van der Waals surface area contributed by atoms with Gasteiger partial charge in [-0.3, -0.25) is 4.79 Å². The number of benzene rings is 1. The average molecular weight is 391 g/mol. The van der Waals surface area contributed by atoms with Gasteiger partial charge in [0.05, 0.1) is 18.8 Å². The van der Waals surface area contributed by atoms with E-state index in [2.05, 4.69) is 31.9 Å². The Morgan fingerprint density at radius 2 is 2.26 bits per heavy atom. The molecule has 2 rings (SSSR count). The van der Waals surface area contributed by atoms with Crippen LogP contribution in [0.5, 0.6) is 0 Å². The van der Waals surface area contributed by atoms with E-state index in [4.69, 9.17) is 4.74 Å². The summed E-state index contributed by atoms with van der Waals surface area (Å²) in [7, 11) is 0. The minimum absolute atomic E-state index is 0.0803. The lowest BCUT2D eigenvalue weighted by molar-refractivity contribution is -0.0361. The Labute approximate surface area is 130 Å². The fraction of sp³-hybridized carbons (Fsp3) is 0.500. The molecule has 1 aliphatic heterocycles. The number of carbonyl (C=O) groups excluding carboxylic acids is 1. The van der Waals surface area contributed by atoms with Crippen LogP contribution in [0.3, 0.4) is 0 Å². The predicted molar refractivity (Wildman–Crippen MR) is 82.9 cm³/mol. The molecule has 1 saturated heterocycles. The molecule has 1 aliphatic rings. The molecule has 3 nitrogen and oxygen atoms in total. The predicted octanol–water partition coefficient (Wildman–Crippen LogP) is 3.38. The van der Waals surface area contributed by atoms with Gasteiger partial charge in [-0.25, -0.2) is 0 Å². The molecule has 1 heterocycles. The van der Waals surface area contributed by atoms with E-state index in [9.17, 15) is 4.79 Å². The maximum atomic E-state index is 12.6. The summed E-state index contributed by atoms with van der Waals surface area (Å²) in [6, 6.07) is 5.84. The van der Waals surface area contributed by atoms with Gasteiger partial charge >= 0.3 is 0 Å². The fourth-order valence-electron chi connectivity index (χ4n) is 2.14.